The number of nitrogens with one attached hydrogen (secondary N) is 1. The first kappa shape index (κ1) is 19.0. The number of rotatable bonds is 5. The van der Waals surface area contributed by atoms with Crippen LogP contribution in [0.3, 0.4) is 0 Å². The third-order valence-electron chi connectivity index (χ3n) is 4.19. The highest BCUT2D eigenvalue weighted by Gasteiger charge is 2.18. The summed E-state index contributed by atoms with van der Waals surface area (Å²) in [7, 11) is -3.84. The van der Waals surface area contributed by atoms with E-state index in [0.29, 0.717) is 5.82 Å². The second-order valence-corrected chi connectivity index (χ2v) is 8.41. The van der Waals surface area contributed by atoms with Crippen molar-refractivity contribution in [3.05, 3.63) is 46.6 Å². The lowest BCUT2D eigenvalue weighted by atomic mass is 10.1. The van der Waals surface area contributed by atoms with Crippen molar-refractivity contribution in [3.63, 3.8) is 0 Å². The summed E-state index contributed by atoms with van der Waals surface area (Å²) in [4.78, 5) is 10.9. The summed E-state index contributed by atoms with van der Waals surface area (Å²) >= 11 is 5.67. The molecule has 1 aromatic carbocycles. The molecule has 26 heavy (non-hydrogen) atoms. The Bertz CT molecular complexity index is 902. The van der Waals surface area contributed by atoms with Gasteiger partial charge in [-0.3, -0.25) is 0 Å². The first-order valence-corrected chi connectivity index (χ1v) is 10.3. The summed E-state index contributed by atoms with van der Waals surface area (Å²) in [5, 5.41) is -0.243. The molecule has 0 amide bonds. The smallest absolute Gasteiger partial charge is 0.241 e. The number of nitrogens with zero attached hydrogens (tertiary/aromatic N) is 3. The van der Waals surface area contributed by atoms with Crippen molar-refractivity contribution < 1.29 is 12.8 Å². The Morgan fingerprint density at radius 2 is 1.92 bits per heavy atom. The van der Waals surface area contributed by atoms with Gasteiger partial charge in [-0.05, 0) is 44.4 Å². The van der Waals surface area contributed by atoms with Crippen LogP contribution in [0.25, 0.3) is 0 Å². The van der Waals surface area contributed by atoms with Crippen LogP contribution in [0.4, 0.5) is 10.2 Å². The van der Waals surface area contributed by atoms with Gasteiger partial charge in [0.05, 0.1) is 16.5 Å². The molecular formula is C17H20ClFN4O2S. The van der Waals surface area contributed by atoms with Crippen LogP contribution in [-0.2, 0) is 16.6 Å². The van der Waals surface area contributed by atoms with E-state index in [1.54, 1.807) is 0 Å². The van der Waals surface area contributed by atoms with Crippen LogP contribution in [0, 0.1) is 12.7 Å². The standard InChI is InChI=1S/C17H20ClFN4O2S/c1-12-9-17(23-7-3-2-4-8-23)22-16(21-12)11-20-26(24,25)13-5-6-15(19)14(18)10-13/h5-6,9-10,20H,2-4,7-8,11H2,1H3. The lowest BCUT2D eigenvalue weighted by Gasteiger charge is -2.28. The minimum atomic E-state index is -3.84. The van der Waals surface area contributed by atoms with Crippen LogP contribution < -0.4 is 9.62 Å². The number of piperidine rings is 1. The highest BCUT2D eigenvalue weighted by atomic mass is 35.5. The van der Waals surface area contributed by atoms with Gasteiger partial charge in [-0.2, -0.15) is 0 Å². The maximum Gasteiger partial charge on any atom is 0.241 e. The summed E-state index contributed by atoms with van der Waals surface area (Å²) in [6.45, 7) is 3.68. The van der Waals surface area contributed by atoms with Gasteiger partial charge in [0.2, 0.25) is 10.0 Å². The third kappa shape index (κ3) is 4.49. The summed E-state index contributed by atoms with van der Waals surface area (Å²) in [6, 6.07) is 5.17. The van der Waals surface area contributed by atoms with E-state index in [2.05, 4.69) is 19.6 Å². The lowest BCUT2D eigenvalue weighted by Crippen LogP contribution is -2.31. The monoisotopic (exact) mass is 398 g/mol. The van der Waals surface area contributed by atoms with Crippen molar-refractivity contribution in [2.45, 2.75) is 37.6 Å². The van der Waals surface area contributed by atoms with Gasteiger partial charge in [-0.15, -0.1) is 0 Å². The predicted octanol–water partition coefficient (Wildman–Crippen LogP) is 3.05. The number of aryl methyl sites for hydroxylation is 1. The fourth-order valence-electron chi connectivity index (χ4n) is 2.86. The molecule has 2 aromatic rings. The van der Waals surface area contributed by atoms with Crippen LogP contribution >= 0.6 is 11.6 Å². The number of hydrogen-bond acceptors (Lipinski definition) is 5. The van der Waals surface area contributed by atoms with Gasteiger partial charge in [0.25, 0.3) is 0 Å². The van der Waals surface area contributed by atoms with Crippen LogP contribution in [0.15, 0.2) is 29.2 Å². The van der Waals surface area contributed by atoms with E-state index >= 15 is 0 Å². The molecule has 0 aliphatic carbocycles. The minimum Gasteiger partial charge on any atom is -0.357 e. The average molecular weight is 399 g/mol. The number of hydrogen-bond donors (Lipinski definition) is 1. The Balaban J connectivity index is 1.76. The van der Waals surface area contributed by atoms with Gasteiger partial charge in [0, 0.05) is 24.8 Å². The largest absolute Gasteiger partial charge is 0.357 e. The minimum absolute atomic E-state index is 0.0557. The Labute approximate surface area is 157 Å². The maximum absolute atomic E-state index is 13.2. The molecule has 3 rings (SSSR count). The summed E-state index contributed by atoms with van der Waals surface area (Å²) in [5.41, 5.74) is 0.777. The highest BCUT2D eigenvalue weighted by molar-refractivity contribution is 7.89. The fourth-order valence-corrected chi connectivity index (χ4v) is 4.11. The van der Waals surface area contributed by atoms with E-state index in [1.165, 1.54) is 12.5 Å². The molecule has 0 unspecified atom stereocenters. The quantitative estimate of drug-likeness (QED) is 0.837. The molecule has 1 fully saturated rings. The van der Waals surface area contributed by atoms with E-state index in [0.717, 1.165) is 49.6 Å². The molecule has 1 saturated heterocycles. The summed E-state index contributed by atoms with van der Waals surface area (Å²) < 4.78 is 40.4. The molecule has 1 N–H and O–H groups in total. The second-order valence-electron chi connectivity index (χ2n) is 6.23. The lowest BCUT2D eigenvalue weighted by molar-refractivity contribution is 0.569. The molecule has 9 heteroatoms. The van der Waals surface area contributed by atoms with E-state index in [1.807, 2.05) is 13.0 Å². The molecule has 2 heterocycles. The number of aromatic nitrogens is 2. The van der Waals surface area contributed by atoms with Crippen molar-refractivity contribution in [2.24, 2.45) is 0 Å². The van der Waals surface area contributed by atoms with Crippen molar-refractivity contribution in [3.8, 4) is 0 Å². The van der Waals surface area contributed by atoms with Crippen LogP contribution in [0.5, 0.6) is 0 Å². The molecule has 1 aliphatic rings. The number of halogens is 2. The average Bonchev–Trinajstić information content (AvgIpc) is 2.62. The van der Waals surface area contributed by atoms with Gasteiger partial charge >= 0.3 is 0 Å². The Morgan fingerprint density at radius 3 is 2.62 bits per heavy atom. The molecule has 0 atom stereocenters. The summed E-state index contributed by atoms with van der Waals surface area (Å²) in [6.07, 6.45) is 3.46. The molecule has 0 bridgehead atoms. The number of benzene rings is 1. The Hall–Kier alpha value is -1.77. The zero-order valence-corrected chi connectivity index (χ0v) is 15.9. The van der Waals surface area contributed by atoms with E-state index in [4.69, 9.17) is 11.6 Å². The fraction of sp³-hybridized carbons (Fsp3) is 0.412. The Morgan fingerprint density at radius 1 is 1.19 bits per heavy atom. The second kappa shape index (κ2) is 7.85. The molecule has 0 saturated carbocycles. The van der Waals surface area contributed by atoms with Gasteiger partial charge in [-0.25, -0.2) is 27.5 Å². The van der Waals surface area contributed by atoms with E-state index in [9.17, 15) is 12.8 Å². The van der Waals surface area contributed by atoms with E-state index in [-0.39, 0.29) is 16.5 Å². The van der Waals surface area contributed by atoms with Gasteiger partial charge in [-0.1, -0.05) is 11.6 Å². The topological polar surface area (TPSA) is 75.2 Å². The molecular weight excluding hydrogens is 379 g/mol. The first-order chi connectivity index (χ1) is 12.3. The van der Waals surface area contributed by atoms with Crippen LogP contribution in [0.1, 0.15) is 30.8 Å². The Kier molecular flexibility index (Phi) is 5.74. The zero-order chi connectivity index (χ0) is 18.7. The molecule has 0 spiro atoms. The van der Waals surface area contributed by atoms with E-state index < -0.39 is 15.8 Å². The molecule has 1 aromatic heterocycles. The van der Waals surface area contributed by atoms with Gasteiger partial charge in [0.1, 0.15) is 17.5 Å². The molecule has 140 valence electrons. The maximum atomic E-state index is 13.2. The zero-order valence-electron chi connectivity index (χ0n) is 14.4. The van der Waals surface area contributed by atoms with Crippen molar-refractivity contribution in [1.82, 2.24) is 14.7 Å². The van der Waals surface area contributed by atoms with Gasteiger partial charge in [0.15, 0.2) is 0 Å². The summed E-state index contributed by atoms with van der Waals surface area (Å²) in [5.74, 6) is 0.539. The van der Waals surface area contributed by atoms with Crippen LogP contribution in [0.2, 0.25) is 5.02 Å². The van der Waals surface area contributed by atoms with Crippen molar-refractivity contribution >= 4 is 27.4 Å². The molecule has 1 aliphatic heterocycles. The highest BCUT2D eigenvalue weighted by Crippen LogP contribution is 2.20. The van der Waals surface area contributed by atoms with Crippen molar-refractivity contribution in [2.75, 3.05) is 18.0 Å². The van der Waals surface area contributed by atoms with Gasteiger partial charge < -0.3 is 4.90 Å². The number of anilines is 1. The molecule has 0 radical (unpaired) electrons. The van der Waals surface area contributed by atoms with Crippen molar-refractivity contribution in [1.29, 1.82) is 0 Å². The molecule has 6 nitrogen and oxygen atoms in total. The van der Waals surface area contributed by atoms with Crippen LogP contribution in [-0.4, -0.2) is 31.5 Å². The third-order valence-corrected chi connectivity index (χ3v) is 5.88. The predicted molar refractivity (Wildman–Crippen MR) is 98.3 cm³/mol. The SMILES string of the molecule is Cc1cc(N2CCCCC2)nc(CNS(=O)(=O)c2ccc(F)c(Cl)c2)n1. The number of sulfonamides is 1. The normalized spacial score (nSPS) is 15.3. The first-order valence-electron chi connectivity index (χ1n) is 8.39.